The molecule has 0 radical (unpaired) electrons. The molecule has 0 bridgehead atoms. The molecule has 1 aliphatic carbocycles. The van der Waals surface area contributed by atoms with Gasteiger partial charge in [-0.05, 0) is 18.3 Å². The second-order valence-electron chi connectivity index (χ2n) is 5.25. The van der Waals surface area contributed by atoms with Gasteiger partial charge in [0.1, 0.15) is 0 Å². The van der Waals surface area contributed by atoms with Crippen LogP contribution in [0.2, 0.25) is 0 Å². The van der Waals surface area contributed by atoms with Crippen LogP contribution in [0.5, 0.6) is 0 Å². The molecule has 1 unspecified atom stereocenters. The summed E-state index contributed by atoms with van der Waals surface area (Å²) in [7, 11) is 1.83. The highest BCUT2D eigenvalue weighted by atomic mass is 16.5. The van der Waals surface area contributed by atoms with Gasteiger partial charge in [-0.25, -0.2) is 0 Å². The zero-order chi connectivity index (χ0) is 10.7. The molecule has 0 aromatic rings. The molecule has 0 aromatic heterocycles. The number of hydrogen-bond acceptors (Lipinski definition) is 3. The summed E-state index contributed by atoms with van der Waals surface area (Å²) >= 11 is 0. The molecule has 1 spiro atoms. The number of nitrogens with two attached hydrogens (primary N) is 1. The second-order valence-corrected chi connectivity index (χ2v) is 5.25. The molecule has 0 amide bonds. The zero-order valence-corrected chi connectivity index (χ0v) is 9.87. The van der Waals surface area contributed by atoms with E-state index in [4.69, 9.17) is 10.5 Å². The smallest absolute Gasteiger partial charge is 0.0508 e. The molecule has 1 heterocycles. The van der Waals surface area contributed by atoms with E-state index in [0.717, 1.165) is 25.6 Å². The number of ether oxygens (including phenoxy) is 1. The lowest BCUT2D eigenvalue weighted by molar-refractivity contribution is 0.0968. The van der Waals surface area contributed by atoms with Gasteiger partial charge in [0.2, 0.25) is 0 Å². The van der Waals surface area contributed by atoms with Crippen LogP contribution in [-0.4, -0.2) is 44.8 Å². The molecule has 2 rings (SSSR count). The van der Waals surface area contributed by atoms with Crippen LogP contribution < -0.4 is 5.73 Å². The van der Waals surface area contributed by atoms with Crippen molar-refractivity contribution in [1.82, 2.24) is 4.90 Å². The predicted molar refractivity (Wildman–Crippen MR) is 61.8 cm³/mol. The van der Waals surface area contributed by atoms with Gasteiger partial charge in [0.15, 0.2) is 0 Å². The van der Waals surface area contributed by atoms with Crippen LogP contribution in [0.15, 0.2) is 0 Å². The Bertz CT molecular complexity index is 202. The Morgan fingerprint density at radius 1 is 1.40 bits per heavy atom. The molecule has 2 fully saturated rings. The second kappa shape index (κ2) is 4.81. The maximum atomic E-state index is 5.64. The topological polar surface area (TPSA) is 38.5 Å². The van der Waals surface area contributed by atoms with Crippen molar-refractivity contribution in [3.8, 4) is 0 Å². The number of nitrogens with zero attached hydrogens (tertiary/aromatic N) is 1. The molecule has 3 nitrogen and oxygen atoms in total. The van der Waals surface area contributed by atoms with Crippen molar-refractivity contribution in [2.45, 2.75) is 25.7 Å². The summed E-state index contributed by atoms with van der Waals surface area (Å²) in [6.45, 7) is 5.24. The Morgan fingerprint density at radius 2 is 2.13 bits per heavy atom. The van der Waals surface area contributed by atoms with Gasteiger partial charge in [-0.3, -0.25) is 0 Å². The zero-order valence-electron chi connectivity index (χ0n) is 9.87. The van der Waals surface area contributed by atoms with E-state index in [9.17, 15) is 0 Å². The quantitative estimate of drug-likeness (QED) is 0.758. The molecule has 15 heavy (non-hydrogen) atoms. The van der Waals surface area contributed by atoms with Crippen LogP contribution in [0.25, 0.3) is 0 Å². The normalized spacial score (nSPS) is 30.4. The Labute approximate surface area is 93.0 Å². The molecular weight excluding hydrogens is 188 g/mol. The van der Waals surface area contributed by atoms with Crippen molar-refractivity contribution in [3.63, 3.8) is 0 Å². The van der Waals surface area contributed by atoms with E-state index in [1.807, 2.05) is 7.11 Å². The van der Waals surface area contributed by atoms with Gasteiger partial charge in [-0.15, -0.1) is 0 Å². The minimum atomic E-state index is 0.575. The fourth-order valence-corrected chi connectivity index (χ4v) is 3.57. The summed E-state index contributed by atoms with van der Waals surface area (Å²) in [5.41, 5.74) is 6.22. The Kier molecular flexibility index (Phi) is 3.65. The van der Waals surface area contributed by atoms with Crippen LogP contribution >= 0.6 is 0 Å². The van der Waals surface area contributed by atoms with Crippen LogP contribution in [0, 0.1) is 11.3 Å². The standard InChI is InChI=1S/C12H24N2O/c1-15-9-11-8-14(7-6-13)10-12(11)4-2-3-5-12/h11H,2-10,13H2,1H3. The first-order valence-corrected chi connectivity index (χ1v) is 6.22. The molecule has 88 valence electrons. The van der Waals surface area contributed by atoms with Gasteiger partial charge in [-0.1, -0.05) is 12.8 Å². The number of likely N-dealkylation sites (tertiary alicyclic amines) is 1. The number of hydrogen-bond donors (Lipinski definition) is 1. The van der Waals surface area contributed by atoms with Gasteiger partial charge in [-0.2, -0.15) is 0 Å². The van der Waals surface area contributed by atoms with E-state index < -0.39 is 0 Å². The summed E-state index contributed by atoms with van der Waals surface area (Å²) in [4.78, 5) is 2.54. The molecule has 1 aliphatic heterocycles. The maximum absolute atomic E-state index is 5.64. The highest BCUT2D eigenvalue weighted by Crippen LogP contribution is 2.48. The number of methoxy groups -OCH3 is 1. The third-order valence-corrected chi connectivity index (χ3v) is 4.30. The monoisotopic (exact) mass is 212 g/mol. The molecule has 1 saturated heterocycles. The molecule has 2 aliphatic rings. The van der Waals surface area contributed by atoms with E-state index in [1.54, 1.807) is 0 Å². The minimum Gasteiger partial charge on any atom is -0.384 e. The van der Waals surface area contributed by atoms with Crippen LogP contribution in [0.1, 0.15) is 25.7 Å². The molecule has 0 aromatic carbocycles. The van der Waals surface area contributed by atoms with Crippen molar-refractivity contribution in [2.75, 3.05) is 39.9 Å². The SMILES string of the molecule is COCC1CN(CCN)CC12CCCC2. The van der Waals surface area contributed by atoms with Crippen molar-refractivity contribution in [3.05, 3.63) is 0 Å². The summed E-state index contributed by atoms with van der Waals surface area (Å²) < 4.78 is 5.38. The first-order chi connectivity index (χ1) is 7.30. The van der Waals surface area contributed by atoms with E-state index in [1.165, 1.54) is 38.8 Å². The van der Waals surface area contributed by atoms with Gasteiger partial charge < -0.3 is 15.4 Å². The van der Waals surface area contributed by atoms with Crippen molar-refractivity contribution >= 4 is 0 Å². The Hall–Kier alpha value is -0.120. The van der Waals surface area contributed by atoms with Crippen LogP contribution in [0.4, 0.5) is 0 Å². The molecular formula is C12H24N2O. The van der Waals surface area contributed by atoms with Crippen molar-refractivity contribution in [2.24, 2.45) is 17.1 Å². The maximum Gasteiger partial charge on any atom is 0.0508 e. The van der Waals surface area contributed by atoms with Gasteiger partial charge in [0.25, 0.3) is 0 Å². The van der Waals surface area contributed by atoms with E-state index in [0.29, 0.717) is 5.41 Å². The van der Waals surface area contributed by atoms with Gasteiger partial charge >= 0.3 is 0 Å². The van der Waals surface area contributed by atoms with Gasteiger partial charge in [0, 0.05) is 39.2 Å². The summed E-state index contributed by atoms with van der Waals surface area (Å²) in [5, 5.41) is 0. The summed E-state index contributed by atoms with van der Waals surface area (Å²) in [5.74, 6) is 0.747. The van der Waals surface area contributed by atoms with Crippen molar-refractivity contribution < 1.29 is 4.74 Å². The lowest BCUT2D eigenvalue weighted by Gasteiger charge is -2.29. The molecule has 1 saturated carbocycles. The minimum absolute atomic E-state index is 0.575. The lowest BCUT2D eigenvalue weighted by Crippen LogP contribution is -2.30. The van der Waals surface area contributed by atoms with E-state index >= 15 is 0 Å². The van der Waals surface area contributed by atoms with Crippen LogP contribution in [-0.2, 0) is 4.74 Å². The first-order valence-electron chi connectivity index (χ1n) is 6.22. The largest absolute Gasteiger partial charge is 0.384 e. The Morgan fingerprint density at radius 3 is 2.73 bits per heavy atom. The van der Waals surface area contributed by atoms with Crippen molar-refractivity contribution in [1.29, 1.82) is 0 Å². The highest BCUT2D eigenvalue weighted by Gasteiger charge is 2.47. The van der Waals surface area contributed by atoms with Crippen LogP contribution in [0.3, 0.4) is 0 Å². The summed E-state index contributed by atoms with van der Waals surface area (Å²) in [6, 6.07) is 0. The molecule has 3 heteroatoms. The average molecular weight is 212 g/mol. The molecule has 1 atom stereocenters. The van der Waals surface area contributed by atoms with E-state index in [2.05, 4.69) is 4.90 Å². The number of rotatable bonds is 4. The highest BCUT2D eigenvalue weighted by molar-refractivity contribution is 4.99. The van der Waals surface area contributed by atoms with E-state index in [-0.39, 0.29) is 0 Å². The first kappa shape index (κ1) is 11.4. The van der Waals surface area contributed by atoms with Gasteiger partial charge in [0.05, 0.1) is 6.61 Å². The third-order valence-electron chi connectivity index (χ3n) is 4.30. The predicted octanol–water partition coefficient (Wildman–Crippen LogP) is 1.08. The average Bonchev–Trinajstić information content (AvgIpc) is 2.79. The molecule has 2 N–H and O–H groups in total. The fourth-order valence-electron chi connectivity index (χ4n) is 3.57. The summed E-state index contributed by atoms with van der Waals surface area (Å²) in [6.07, 6.45) is 5.64. The Balaban J connectivity index is 2.00. The fraction of sp³-hybridized carbons (Fsp3) is 1.00. The third kappa shape index (κ3) is 2.19. The lowest BCUT2D eigenvalue weighted by atomic mass is 9.77.